The van der Waals surface area contributed by atoms with Gasteiger partial charge in [0.15, 0.2) is 11.5 Å². The van der Waals surface area contributed by atoms with Gasteiger partial charge in [0, 0.05) is 12.1 Å². The van der Waals surface area contributed by atoms with Crippen molar-refractivity contribution >= 4 is 0 Å². The average Bonchev–Trinajstić information content (AvgIpc) is 2.48. The van der Waals surface area contributed by atoms with Gasteiger partial charge >= 0.3 is 0 Å². The molecule has 0 aliphatic heterocycles. The molecule has 2 rings (SSSR count). The Labute approximate surface area is 121 Å². The van der Waals surface area contributed by atoms with Crippen LogP contribution in [0.15, 0.2) is 18.2 Å². The van der Waals surface area contributed by atoms with Gasteiger partial charge in [0.25, 0.3) is 0 Å². The maximum atomic E-state index is 10.0. The largest absolute Gasteiger partial charge is 0.493 e. The number of rotatable bonds is 5. The van der Waals surface area contributed by atoms with Crippen LogP contribution in [0.3, 0.4) is 0 Å². The Balaban J connectivity index is 2.06. The Bertz CT molecular complexity index is 436. The maximum absolute atomic E-state index is 10.0. The van der Waals surface area contributed by atoms with Crippen LogP contribution >= 0.6 is 0 Å². The molecule has 4 nitrogen and oxygen atoms in total. The van der Waals surface area contributed by atoms with Crippen molar-refractivity contribution in [1.82, 2.24) is 5.32 Å². The predicted molar refractivity (Wildman–Crippen MR) is 79.4 cm³/mol. The topological polar surface area (TPSA) is 50.7 Å². The van der Waals surface area contributed by atoms with E-state index in [0.29, 0.717) is 0 Å². The summed E-state index contributed by atoms with van der Waals surface area (Å²) >= 11 is 0. The van der Waals surface area contributed by atoms with Gasteiger partial charge in [-0.3, -0.25) is 0 Å². The Kier molecular flexibility index (Phi) is 5.26. The highest BCUT2D eigenvalue weighted by molar-refractivity contribution is 5.43. The van der Waals surface area contributed by atoms with Gasteiger partial charge in [-0.2, -0.15) is 0 Å². The third-order valence-electron chi connectivity index (χ3n) is 4.10. The molecule has 0 aromatic heterocycles. The first-order valence-corrected chi connectivity index (χ1v) is 7.31. The zero-order chi connectivity index (χ0) is 14.5. The lowest BCUT2D eigenvalue weighted by molar-refractivity contribution is 0.0859. The number of ether oxygens (including phenoxy) is 2. The van der Waals surface area contributed by atoms with Crippen LogP contribution in [0.4, 0.5) is 0 Å². The quantitative estimate of drug-likeness (QED) is 0.870. The van der Waals surface area contributed by atoms with Crippen molar-refractivity contribution < 1.29 is 14.6 Å². The number of hydrogen-bond acceptors (Lipinski definition) is 4. The second-order valence-electron chi connectivity index (χ2n) is 5.46. The Morgan fingerprint density at radius 3 is 2.50 bits per heavy atom. The van der Waals surface area contributed by atoms with Gasteiger partial charge in [0.1, 0.15) is 0 Å². The molecule has 0 heterocycles. The van der Waals surface area contributed by atoms with Crippen molar-refractivity contribution in [2.45, 2.75) is 50.8 Å². The molecule has 1 saturated carbocycles. The minimum absolute atomic E-state index is 0.174. The van der Waals surface area contributed by atoms with Gasteiger partial charge < -0.3 is 19.9 Å². The molecule has 112 valence electrons. The van der Waals surface area contributed by atoms with Crippen molar-refractivity contribution in [3.8, 4) is 11.5 Å². The maximum Gasteiger partial charge on any atom is 0.161 e. The smallest absolute Gasteiger partial charge is 0.161 e. The summed E-state index contributed by atoms with van der Waals surface area (Å²) in [6, 6.07) is 6.31. The van der Waals surface area contributed by atoms with E-state index in [0.717, 1.165) is 36.3 Å². The lowest BCUT2D eigenvalue weighted by Gasteiger charge is -2.31. The first kappa shape index (κ1) is 15.1. The monoisotopic (exact) mass is 279 g/mol. The summed E-state index contributed by atoms with van der Waals surface area (Å²) < 4.78 is 10.6. The van der Waals surface area contributed by atoms with Crippen LogP contribution in [-0.4, -0.2) is 31.5 Å². The SMILES string of the molecule is COc1ccc(C(C)NC2CCCCC2O)cc1OC. The van der Waals surface area contributed by atoms with Gasteiger partial charge in [-0.1, -0.05) is 18.9 Å². The van der Waals surface area contributed by atoms with Crippen LogP contribution in [0.5, 0.6) is 11.5 Å². The molecule has 1 fully saturated rings. The summed E-state index contributed by atoms with van der Waals surface area (Å²) in [4.78, 5) is 0. The van der Waals surface area contributed by atoms with Gasteiger partial charge in [-0.15, -0.1) is 0 Å². The van der Waals surface area contributed by atoms with E-state index >= 15 is 0 Å². The van der Waals surface area contributed by atoms with E-state index in [1.165, 1.54) is 6.42 Å². The van der Waals surface area contributed by atoms with Gasteiger partial charge in [0.2, 0.25) is 0 Å². The van der Waals surface area contributed by atoms with Gasteiger partial charge in [-0.05, 0) is 37.5 Å². The third kappa shape index (κ3) is 3.44. The van der Waals surface area contributed by atoms with Crippen LogP contribution < -0.4 is 14.8 Å². The predicted octanol–water partition coefficient (Wildman–Crippen LogP) is 2.66. The number of aliphatic hydroxyl groups excluding tert-OH is 1. The van der Waals surface area contributed by atoms with Crippen LogP contribution in [0.2, 0.25) is 0 Å². The molecule has 1 aromatic carbocycles. The normalized spacial score (nSPS) is 24.2. The Morgan fingerprint density at radius 1 is 1.15 bits per heavy atom. The fraction of sp³-hybridized carbons (Fsp3) is 0.625. The molecule has 3 unspecified atom stereocenters. The number of hydrogen-bond donors (Lipinski definition) is 2. The summed E-state index contributed by atoms with van der Waals surface area (Å²) in [5.74, 6) is 1.48. The highest BCUT2D eigenvalue weighted by Crippen LogP contribution is 2.30. The van der Waals surface area contributed by atoms with Gasteiger partial charge in [-0.25, -0.2) is 0 Å². The highest BCUT2D eigenvalue weighted by Gasteiger charge is 2.24. The van der Waals surface area contributed by atoms with E-state index in [1.54, 1.807) is 14.2 Å². The number of aliphatic hydroxyl groups is 1. The minimum atomic E-state index is -0.230. The molecule has 0 amide bonds. The van der Waals surface area contributed by atoms with E-state index in [-0.39, 0.29) is 18.2 Å². The summed E-state index contributed by atoms with van der Waals surface area (Å²) in [7, 11) is 3.28. The zero-order valence-corrected chi connectivity index (χ0v) is 12.6. The molecule has 1 aliphatic carbocycles. The summed E-state index contributed by atoms with van der Waals surface area (Å²) in [6.07, 6.45) is 4.03. The molecule has 0 bridgehead atoms. The average molecular weight is 279 g/mol. The van der Waals surface area contributed by atoms with Crippen molar-refractivity contribution in [3.05, 3.63) is 23.8 Å². The minimum Gasteiger partial charge on any atom is -0.493 e. The van der Waals surface area contributed by atoms with Gasteiger partial charge in [0.05, 0.1) is 20.3 Å². The Morgan fingerprint density at radius 2 is 1.85 bits per heavy atom. The molecule has 3 atom stereocenters. The molecular weight excluding hydrogens is 254 g/mol. The van der Waals surface area contributed by atoms with Crippen molar-refractivity contribution in [1.29, 1.82) is 0 Å². The van der Waals surface area contributed by atoms with Crippen molar-refractivity contribution in [2.75, 3.05) is 14.2 Å². The zero-order valence-electron chi connectivity index (χ0n) is 12.6. The molecule has 0 radical (unpaired) electrons. The van der Waals surface area contributed by atoms with Crippen LogP contribution in [0.1, 0.15) is 44.2 Å². The molecule has 2 N–H and O–H groups in total. The Hall–Kier alpha value is -1.26. The molecule has 0 spiro atoms. The third-order valence-corrected chi connectivity index (χ3v) is 4.10. The highest BCUT2D eigenvalue weighted by atomic mass is 16.5. The second kappa shape index (κ2) is 6.95. The second-order valence-corrected chi connectivity index (χ2v) is 5.46. The van der Waals surface area contributed by atoms with Crippen molar-refractivity contribution in [3.63, 3.8) is 0 Å². The number of methoxy groups -OCH3 is 2. The van der Waals surface area contributed by atoms with E-state index in [4.69, 9.17) is 9.47 Å². The van der Waals surface area contributed by atoms with Crippen LogP contribution in [0, 0.1) is 0 Å². The molecule has 1 aliphatic rings. The summed E-state index contributed by atoms with van der Waals surface area (Å²) in [5, 5.41) is 13.6. The number of nitrogens with one attached hydrogen (secondary N) is 1. The lowest BCUT2D eigenvalue weighted by Crippen LogP contribution is -2.43. The molecule has 1 aromatic rings. The summed E-state index contributed by atoms with van der Waals surface area (Å²) in [5.41, 5.74) is 1.14. The molecular formula is C16H25NO3. The molecule has 0 saturated heterocycles. The van der Waals surface area contributed by atoms with E-state index in [1.807, 2.05) is 18.2 Å². The van der Waals surface area contributed by atoms with E-state index in [9.17, 15) is 5.11 Å². The molecule has 4 heteroatoms. The fourth-order valence-electron chi connectivity index (χ4n) is 2.85. The van der Waals surface area contributed by atoms with Crippen molar-refractivity contribution in [2.24, 2.45) is 0 Å². The lowest BCUT2D eigenvalue weighted by atomic mass is 9.91. The van der Waals surface area contributed by atoms with E-state index in [2.05, 4.69) is 12.2 Å². The molecule has 20 heavy (non-hydrogen) atoms. The van der Waals surface area contributed by atoms with Crippen LogP contribution in [-0.2, 0) is 0 Å². The standard InChI is InChI=1S/C16H25NO3/c1-11(17-13-6-4-5-7-14(13)18)12-8-9-15(19-2)16(10-12)20-3/h8-11,13-14,17-18H,4-7H2,1-3H3. The number of benzene rings is 1. The first-order valence-electron chi connectivity index (χ1n) is 7.31. The van der Waals surface area contributed by atoms with E-state index < -0.39 is 0 Å². The fourth-order valence-corrected chi connectivity index (χ4v) is 2.85. The van der Waals surface area contributed by atoms with Crippen LogP contribution in [0.25, 0.3) is 0 Å². The summed E-state index contributed by atoms with van der Waals surface area (Å²) in [6.45, 7) is 2.11. The first-order chi connectivity index (χ1) is 9.65.